The summed E-state index contributed by atoms with van der Waals surface area (Å²) in [6.45, 7) is 4.94. The van der Waals surface area contributed by atoms with Gasteiger partial charge in [-0.25, -0.2) is 0 Å². The Labute approximate surface area is 68.2 Å². The normalized spacial score (nSPS) is 34.9. The van der Waals surface area contributed by atoms with E-state index in [1.807, 2.05) is 0 Å². The van der Waals surface area contributed by atoms with Crippen molar-refractivity contribution in [3.63, 3.8) is 0 Å². The lowest BCUT2D eigenvalue weighted by atomic mass is 9.54. The molecule has 0 heterocycles. The third-order valence-corrected chi connectivity index (χ3v) is 3.37. The fourth-order valence-corrected chi connectivity index (χ4v) is 2.08. The van der Waals surface area contributed by atoms with Gasteiger partial charge in [0.2, 0.25) is 0 Å². The van der Waals surface area contributed by atoms with Crippen LogP contribution in [-0.4, -0.2) is 23.4 Å². The molecule has 1 aliphatic rings. The lowest BCUT2D eigenvalue weighted by Gasteiger charge is -2.51. The summed E-state index contributed by atoms with van der Waals surface area (Å²) < 4.78 is 0. The first kappa shape index (κ1) is 9.01. The van der Waals surface area contributed by atoms with Gasteiger partial charge in [-0.2, -0.15) is 0 Å². The molecule has 0 aliphatic heterocycles. The summed E-state index contributed by atoms with van der Waals surface area (Å²) in [4.78, 5) is 0. The van der Waals surface area contributed by atoms with Crippen molar-refractivity contribution < 1.29 is 10.2 Å². The fraction of sp³-hybridized carbons (Fsp3) is 1.00. The van der Waals surface area contributed by atoms with Crippen molar-refractivity contribution in [1.82, 2.24) is 0 Å². The quantitative estimate of drug-likeness (QED) is 0.644. The second-order valence-corrected chi connectivity index (χ2v) is 4.15. The highest BCUT2D eigenvalue weighted by Crippen LogP contribution is 2.52. The number of hydrogen-bond acceptors (Lipinski definition) is 2. The van der Waals surface area contributed by atoms with Gasteiger partial charge in [-0.05, 0) is 30.1 Å². The van der Waals surface area contributed by atoms with Crippen molar-refractivity contribution in [3.05, 3.63) is 0 Å². The minimum atomic E-state index is 0.247. The summed E-state index contributed by atoms with van der Waals surface area (Å²) >= 11 is 0. The molecule has 1 rings (SSSR count). The monoisotopic (exact) mass is 158 g/mol. The van der Waals surface area contributed by atoms with E-state index < -0.39 is 0 Å². The molecule has 0 aromatic carbocycles. The average molecular weight is 158 g/mol. The molecule has 66 valence electrons. The Balaban J connectivity index is 2.40. The minimum absolute atomic E-state index is 0.247. The van der Waals surface area contributed by atoms with Crippen molar-refractivity contribution in [3.8, 4) is 0 Å². The molecule has 0 amide bonds. The number of rotatable bonds is 3. The van der Waals surface area contributed by atoms with Gasteiger partial charge < -0.3 is 10.2 Å². The van der Waals surface area contributed by atoms with Crippen LogP contribution in [0.25, 0.3) is 0 Å². The molecule has 2 heteroatoms. The average Bonchev–Trinajstić information content (AvgIpc) is 1.97. The Morgan fingerprint density at radius 3 is 2.27 bits per heavy atom. The predicted molar refractivity (Wildman–Crippen MR) is 44.2 cm³/mol. The van der Waals surface area contributed by atoms with E-state index in [2.05, 4.69) is 13.8 Å². The number of aliphatic hydroxyl groups excluding tert-OH is 2. The van der Waals surface area contributed by atoms with E-state index in [1.54, 1.807) is 0 Å². The third kappa shape index (κ3) is 1.42. The van der Waals surface area contributed by atoms with Gasteiger partial charge in [0.25, 0.3) is 0 Å². The summed E-state index contributed by atoms with van der Waals surface area (Å²) in [7, 11) is 0. The Hall–Kier alpha value is -0.0800. The highest BCUT2D eigenvalue weighted by molar-refractivity contribution is 4.95. The molecule has 0 bridgehead atoms. The minimum Gasteiger partial charge on any atom is -0.396 e. The Morgan fingerprint density at radius 1 is 1.27 bits per heavy atom. The van der Waals surface area contributed by atoms with Crippen molar-refractivity contribution in [2.45, 2.75) is 26.7 Å². The van der Waals surface area contributed by atoms with E-state index in [4.69, 9.17) is 10.2 Å². The third-order valence-electron chi connectivity index (χ3n) is 3.37. The van der Waals surface area contributed by atoms with E-state index in [9.17, 15) is 0 Å². The second-order valence-electron chi connectivity index (χ2n) is 4.15. The van der Waals surface area contributed by atoms with Crippen LogP contribution in [0.2, 0.25) is 0 Å². The van der Waals surface area contributed by atoms with Crippen LogP contribution >= 0.6 is 0 Å². The van der Waals surface area contributed by atoms with Gasteiger partial charge in [-0.15, -0.1) is 0 Å². The maximum atomic E-state index is 8.95. The topological polar surface area (TPSA) is 40.5 Å². The first-order valence-electron chi connectivity index (χ1n) is 4.34. The zero-order valence-corrected chi connectivity index (χ0v) is 7.38. The molecule has 0 spiro atoms. The molecule has 1 aliphatic carbocycles. The summed E-state index contributed by atoms with van der Waals surface area (Å²) in [6.07, 6.45) is 1.98. The Morgan fingerprint density at radius 2 is 1.91 bits per heavy atom. The molecule has 2 unspecified atom stereocenters. The number of aliphatic hydroxyl groups is 2. The van der Waals surface area contributed by atoms with Crippen LogP contribution in [0, 0.1) is 17.3 Å². The Bertz CT molecular complexity index is 132. The van der Waals surface area contributed by atoms with Crippen LogP contribution in [0.5, 0.6) is 0 Å². The first-order chi connectivity index (χ1) is 5.12. The van der Waals surface area contributed by atoms with Gasteiger partial charge in [0.05, 0.1) is 0 Å². The van der Waals surface area contributed by atoms with Crippen LogP contribution in [0.1, 0.15) is 26.7 Å². The maximum absolute atomic E-state index is 8.95. The highest BCUT2D eigenvalue weighted by atomic mass is 16.3. The molecule has 0 aromatic heterocycles. The van der Waals surface area contributed by atoms with Crippen LogP contribution in [-0.2, 0) is 0 Å². The molecular weight excluding hydrogens is 140 g/mol. The van der Waals surface area contributed by atoms with E-state index in [1.165, 1.54) is 0 Å². The highest BCUT2D eigenvalue weighted by Gasteiger charge is 2.46. The van der Waals surface area contributed by atoms with Crippen LogP contribution in [0.15, 0.2) is 0 Å². The van der Waals surface area contributed by atoms with Gasteiger partial charge in [0, 0.05) is 13.2 Å². The molecule has 2 atom stereocenters. The summed E-state index contributed by atoms with van der Waals surface area (Å²) in [5.41, 5.74) is 0.247. The number of hydrogen-bond donors (Lipinski definition) is 2. The van der Waals surface area contributed by atoms with Gasteiger partial charge in [0.1, 0.15) is 0 Å². The fourth-order valence-electron chi connectivity index (χ4n) is 2.08. The molecular formula is C9H18O2. The van der Waals surface area contributed by atoms with Gasteiger partial charge in [-0.3, -0.25) is 0 Å². The first-order valence-corrected chi connectivity index (χ1v) is 4.34. The molecule has 1 fully saturated rings. The molecule has 1 saturated carbocycles. The summed E-state index contributed by atoms with van der Waals surface area (Å²) in [5, 5.41) is 17.7. The van der Waals surface area contributed by atoms with Crippen LogP contribution in [0.4, 0.5) is 0 Å². The standard InChI is InChI=1S/C9H18O2/c1-9(2)7(3-4-10)5-8(9)6-11/h7-8,10-11H,3-6H2,1-2H3. The summed E-state index contributed by atoms with van der Waals surface area (Å²) in [6, 6.07) is 0. The zero-order chi connectivity index (χ0) is 8.48. The molecule has 2 nitrogen and oxygen atoms in total. The largest absolute Gasteiger partial charge is 0.396 e. The van der Waals surface area contributed by atoms with Gasteiger partial charge in [0.15, 0.2) is 0 Å². The van der Waals surface area contributed by atoms with Crippen molar-refractivity contribution in [2.75, 3.05) is 13.2 Å². The van der Waals surface area contributed by atoms with Gasteiger partial charge in [-0.1, -0.05) is 13.8 Å². The smallest absolute Gasteiger partial charge is 0.0464 e. The van der Waals surface area contributed by atoms with E-state index in [0.717, 1.165) is 12.8 Å². The van der Waals surface area contributed by atoms with E-state index in [0.29, 0.717) is 18.4 Å². The maximum Gasteiger partial charge on any atom is 0.0464 e. The van der Waals surface area contributed by atoms with E-state index in [-0.39, 0.29) is 12.0 Å². The Kier molecular flexibility index (Phi) is 2.55. The van der Waals surface area contributed by atoms with Crippen molar-refractivity contribution in [2.24, 2.45) is 17.3 Å². The van der Waals surface area contributed by atoms with Gasteiger partial charge >= 0.3 is 0 Å². The summed E-state index contributed by atoms with van der Waals surface area (Å²) in [5.74, 6) is 1.07. The van der Waals surface area contributed by atoms with Crippen LogP contribution < -0.4 is 0 Å². The molecule has 0 radical (unpaired) electrons. The van der Waals surface area contributed by atoms with Crippen LogP contribution in [0.3, 0.4) is 0 Å². The lowest BCUT2D eigenvalue weighted by molar-refractivity contribution is -0.0612. The molecule has 2 N–H and O–H groups in total. The van der Waals surface area contributed by atoms with E-state index >= 15 is 0 Å². The zero-order valence-electron chi connectivity index (χ0n) is 7.38. The molecule has 11 heavy (non-hydrogen) atoms. The van der Waals surface area contributed by atoms with Crippen molar-refractivity contribution >= 4 is 0 Å². The predicted octanol–water partition coefficient (Wildman–Crippen LogP) is 1.02. The lowest BCUT2D eigenvalue weighted by Crippen LogP contribution is -2.46. The second kappa shape index (κ2) is 3.11. The molecule has 0 aromatic rings. The van der Waals surface area contributed by atoms with Crippen molar-refractivity contribution in [1.29, 1.82) is 0 Å². The SMILES string of the molecule is CC1(C)C(CO)CC1CCO. The molecule has 0 saturated heterocycles.